The van der Waals surface area contributed by atoms with E-state index in [0.29, 0.717) is 5.56 Å². The molecule has 1 fully saturated rings. The van der Waals surface area contributed by atoms with Crippen LogP contribution in [0.1, 0.15) is 60.9 Å². The van der Waals surface area contributed by atoms with Gasteiger partial charge in [-0.15, -0.1) is 0 Å². The lowest BCUT2D eigenvalue weighted by molar-refractivity contribution is -0.0683. The van der Waals surface area contributed by atoms with Crippen LogP contribution in [0.15, 0.2) is 12.1 Å². The summed E-state index contributed by atoms with van der Waals surface area (Å²) in [5.74, 6) is 0.134. The summed E-state index contributed by atoms with van der Waals surface area (Å²) in [7, 11) is 0. The molecule has 25 heavy (non-hydrogen) atoms. The minimum atomic E-state index is -0.549. The van der Waals surface area contributed by atoms with Crippen LogP contribution in [-0.4, -0.2) is 14.8 Å². The van der Waals surface area contributed by atoms with Crippen LogP contribution in [0.3, 0.4) is 0 Å². The molecular weight excluding hydrogens is 316 g/mol. The van der Waals surface area contributed by atoms with E-state index in [0.717, 1.165) is 60.0 Å². The van der Waals surface area contributed by atoms with Crippen LogP contribution in [0.4, 0.5) is 0 Å². The van der Waals surface area contributed by atoms with Crippen LogP contribution in [0, 0.1) is 11.3 Å². The van der Waals surface area contributed by atoms with Gasteiger partial charge in [-0.3, -0.25) is 4.57 Å². The highest BCUT2D eigenvalue weighted by Gasteiger charge is 2.59. The zero-order chi connectivity index (χ0) is 17.6. The summed E-state index contributed by atoms with van der Waals surface area (Å²) in [5.41, 5.74) is 3.91. The second-order valence-electron chi connectivity index (χ2n) is 7.85. The predicted molar refractivity (Wildman–Crippen MR) is 90.9 cm³/mol. The van der Waals surface area contributed by atoms with E-state index in [-0.39, 0.29) is 11.8 Å². The van der Waals surface area contributed by atoms with Gasteiger partial charge in [0.1, 0.15) is 0 Å². The zero-order valence-corrected chi connectivity index (χ0v) is 14.4. The first-order chi connectivity index (χ1) is 11.9. The number of nitrogens with zero attached hydrogens (tertiary/aromatic N) is 2. The molecule has 1 aromatic heterocycles. The van der Waals surface area contributed by atoms with Gasteiger partial charge in [0.05, 0.1) is 39.6 Å². The first-order valence-electron chi connectivity index (χ1n) is 8.82. The monoisotopic (exact) mass is 336 g/mol. The molecule has 3 heterocycles. The van der Waals surface area contributed by atoms with E-state index in [2.05, 4.69) is 6.07 Å². The Morgan fingerprint density at radius 3 is 2.24 bits per heavy atom. The van der Waals surface area contributed by atoms with Crippen LogP contribution < -0.4 is 0 Å². The molecule has 5 heteroatoms. The Morgan fingerprint density at radius 2 is 1.64 bits per heavy atom. The molecule has 0 amide bonds. The molecule has 5 rings (SSSR count). The number of benzene rings is 1. The van der Waals surface area contributed by atoms with Gasteiger partial charge in [0.25, 0.3) is 0 Å². The lowest BCUT2D eigenvalue weighted by Crippen LogP contribution is -2.17. The Balaban J connectivity index is 1.80. The van der Waals surface area contributed by atoms with Crippen LogP contribution in [0.25, 0.3) is 5.69 Å². The van der Waals surface area contributed by atoms with Gasteiger partial charge in [0.2, 0.25) is 11.8 Å². The number of ether oxygens (including phenoxy) is 1. The molecule has 2 unspecified atom stereocenters. The van der Waals surface area contributed by atoms with E-state index in [1.807, 2.05) is 19.9 Å². The second kappa shape index (κ2) is 4.39. The Hall–Kier alpha value is -2.45. The van der Waals surface area contributed by atoms with Gasteiger partial charge in [-0.25, -0.2) is 0 Å². The van der Waals surface area contributed by atoms with Gasteiger partial charge in [-0.1, -0.05) is 0 Å². The van der Waals surface area contributed by atoms with Crippen molar-refractivity contribution in [1.82, 2.24) is 4.57 Å². The minimum Gasteiger partial charge on any atom is -0.494 e. The first-order valence-corrected chi connectivity index (χ1v) is 8.82. The number of hydrogen-bond acceptors (Lipinski definition) is 4. The zero-order valence-electron chi connectivity index (χ0n) is 14.4. The average Bonchev–Trinajstić information content (AvgIpc) is 3.28. The fraction of sp³-hybridized carbons (Fsp3) is 0.450. The maximum atomic E-state index is 11.0. The molecule has 128 valence electrons. The summed E-state index contributed by atoms with van der Waals surface area (Å²) in [6, 6.07) is 5.88. The number of aromatic nitrogens is 1. The van der Waals surface area contributed by atoms with Crippen LogP contribution in [0.5, 0.6) is 11.8 Å². The highest BCUT2D eigenvalue weighted by molar-refractivity contribution is 5.64. The Labute approximate surface area is 146 Å². The van der Waals surface area contributed by atoms with Crippen molar-refractivity contribution in [3.63, 3.8) is 0 Å². The van der Waals surface area contributed by atoms with Gasteiger partial charge in [0, 0.05) is 0 Å². The number of nitriles is 1. The lowest BCUT2D eigenvalue weighted by atomic mass is 9.80. The number of hydrogen-bond donors (Lipinski definition) is 2. The second-order valence-corrected chi connectivity index (χ2v) is 7.85. The molecule has 0 saturated carbocycles. The fourth-order valence-electron chi connectivity index (χ4n) is 5.21. The standard InChI is InChI=1S/C20H20N2O3/c1-19-8-9-20(2,25-19)16-15(19)17(23)22(18(16)24)14-7-6-11(10-21)12-4-3-5-13(12)14/h6-7,23-24H,3-5,8-9H2,1-2H3. The van der Waals surface area contributed by atoms with Crippen molar-refractivity contribution in [2.75, 3.05) is 0 Å². The third kappa shape index (κ3) is 1.61. The Bertz CT molecular complexity index is 945. The topological polar surface area (TPSA) is 78.4 Å². The number of aromatic hydroxyl groups is 2. The van der Waals surface area contributed by atoms with Gasteiger partial charge in [-0.2, -0.15) is 5.26 Å². The van der Waals surface area contributed by atoms with Gasteiger partial charge < -0.3 is 14.9 Å². The van der Waals surface area contributed by atoms with Gasteiger partial charge >= 0.3 is 0 Å². The molecule has 1 saturated heterocycles. The molecule has 2 N–H and O–H groups in total. The van der Waals surface area contributed by atoms with Crippen LogP contribution in [0.2, 0.25) is 0 Å². The summed E-state index contributed by atoms with van der Waals surface area (Å²) in [4.78, 5) is 0. The quantitative estimate of drug-likeness (QED) is 0.835. The first kappa shape index (κ1) is 14.9. The van der Waals surface area contributed by atoms with Gasteiger partial charge in [-0.05, 0) is 69.2 Å². The van der Waals surface area contributed by atoms with E-state index in [9.17, 15) is 15.5 Å². The van der Waals surface area contributed by atoms with Crippen molar-refractivity contribution in [2.45, 2.75) is 57.2 Å². The SMILES string of the molecule is CC12CCC(C)(O1)c1c2c(O)n(-c2ccc(C#N)c3c2CCC3)c1O. The summed E-state index contributed by atoms with van der Waals surface area (Å²) < 4.78 is 7.72. The average molecular weight is 336 g/mol. The Kier molecular flexibility index (Phi) is 2.61. The summed E-state index contributed by atoms with van der Waals surface area (Å²) in [5, 5.41) is 31.3. The highest BCUT2D eigenvalue weighted by Crippen LogP contribution is 2.64. The van der Waals surface area contributed by atoms with Crippen molar-refractivity contribution < 1.29 is 14.9 Å². The molecule has 2 aromatic rings. The predicted octanol–water partition coefficient (Wildman–Crippen LogP) is 3.50. The fourth-order valence-corrected chi connectivity index (χ4v) is 5.21. The van der Waals surface area contributed by atoms with E-state index in [1.165, 1.54) is 0 Å². The molecular formula is C20H20N2O3. The smallest absolute Gasteiger partial charge is 0.205 e. The van der Waals surface area contributed by atoms with Crippen molar-refractivity contribution >= 4 is 0 Å². The molecule has 1 aromatic carbocycles. The molecule has 1 aliphatic carbocycles. The molecule has 2 aliphatic heterocycles. The van der Waals surface area contributed by atoms with E-state index < -0.39 is 11.2 Å². The minimum absolute atomic E-state index is 0.0669. The highest BCUT2D eigenvalue weighted by atomic mass is 16.5. The molecule has 2 atom stereocenters. The van der Waals surface area contributed by atoms with Crippen molar-refractivity contribution in [2.24, 2.45) is 0 Å². The van der Waals surface area contributed by atoms with E-state index in [4.69, 9.17) is 4.74 Å². The largest absolute Gasteiger partial charge is 0.494 e. The normalized spacial score (nSPS) is 28.8. The molecule has 2 bridgehead atoms. The lowest BCUT2D eigenvalue weighted by Gasteiger charge is -2.21. The van der Waals surface area contributed by atoms with Crippen molar-refractivity contribution in [1.29, 1.82) is 5.26 Å². The van der Waals surface area contributed by atoms with E-state index >= 15 is 0 Å². The number of rotatable bonds is 1. The van der Waals surface area contributed by atoms with Crippen molar-refractivity contribution in [3.05, 3.63) is 39.9 Å². The van der Waals surface area contributed by atoms with E-state index in [1.54, 1.807) is 10.6 Å². The third-order valence-electron chi connectivity index (χ3n) is 6.33. The third-order valence-corrected chi connectivity index (χ3v) is 6.33. The van der Waals surface area contributed by atoms with Gasteiger partial charge in [0.15, 0.2) is 0 Å². The summed E-state index contributed by atoms with van der Waals surface area (Å²) in [6.45, 7) is 3.97. The molecule has 0 radical (unpaired) electrons. The maximum Gasteiger partial charge on any atom is 0.205 e. The van der Waals surface area contributed by atoms with Crippen molar-refractivity contribution in [3.8, 4) is 23.5 Å². The number of fused-ring (bicyclic) bond motifs is 6. The van der Waals surface area contributed by atoms with Crippen LogP contribution in [-0.2, 0) is 28.8 Å². The molecule has 0 spiro atoms. The molecule has 3 aliphatic rings. The van der Waals surface area contributed by atoms with Crippen LogP contribution >= 0.6 is 0 Å². The summed E-state index contributed by atoms with van der Waals surface area (Å²) >= 11 is 0. The maximum absolute atomic E-state index is 11.0. The molecule has 5 nitrogen and oxygen atoms in total. The summed E-state index contributed by atoms with van der Waals surface area (Å²) in [6.07, 6.45) is 4.38. The Morgan fingerprint density at radius 1 is 1.04 bits per heavy atom.